The second kappa shape index (κ2) is 7.14. The maximum atomic E-state index is 10.4. The lowest BCUT2D eigenvalue weighted by molar-refractivity contribution is -0.118. The van der Waals surface area contributed by atoms with Gasteiger partial charge < -0.3 is 5.73 Å². The molecule has 0 aromatic heterocycles. The van der Waals surface area contributed by atoms with Gasteiger partial charge in [0.1, 0.15) is 0 Å². The minimum Gasteiger partial charge on any atom is -0.370 e. The molecule has 0 unspecified atom stereocenters. The number of primary amides is 1. The van der Waals surface area contributed by atoms with E-state index in [9.17, 15) is 4.79 Å². The Morgan fingerprint density at radius 2 is 2.00 bits per heavy atom. The van der Waals surface area contributed by atoms with Crippen LogP contribution in [0, 0.1) is 5.92 Å². The molecule has 0 aromatic carbocycles. The minimum absolute atomic E-state index is 0.168. The van der Waals surface area contributed by atoms with Crippen molar-refractivity contribution >= 4 is 5.91 Å². The van der Waals surface area contributed by atoms with Crippen molar-refractivity contribution in [1.29, 1.82) is 0 Å². The molecule has 0 saturated heterocycles. The van der Waals surface area contributed by atoms with Crippen LogP contribution in [-0.4, -0.2) is 5.91 Å². The van der Waals surface area contributed by atoms with Crippen molar-refractivity contribution in [2.24, 2.45) is 11.7 Å². The molecule has 2 nitrogen and oxygen atoms in total. The predicted octanol–water partition coefficient (Wildman–Crippen LogP) is 2.47. The summed E-state index contributed by atoms with van der Waals surface area (Å²) in [6.45, 7) is 4.49. The normalized spacial score (nSPS) is 12.8. The first-order chi connectivity index (χ1) is 5.66. The average molecular weight is 171 g/mol. The molecule has 2 heteroatoms. The second-order valence-electron chi connectivity index (χ2n) is 3.58. The zero-order valence-electron chi connectivity index (χ0n) is 8.31. The number of carbonyl (C=O) groups excluding carboxylic acids is 1. The number of amides is 1. The van der Waals surface area contributed by atoms with Gasteiger partial charge in [-0.25, -0.2) is 0 Å². The molecular weight excluding hydrogens is 150 g/mol. The maximum absolute atomic E-state index is 10.4. The third-order valence-electron chi connectivity index (χ3n) is 2.32. The Morgan fingerprint density at radius 1 is 1.33 bits per heavy atom. The molecule has 12 heavy (non-hydrogen) atoms. The van der Waals surface area contributed by atoms with Gasteiger partial charge in [-0.3, -0.25) is 4.79 Å². The van der Waals surface area contributed by atoms with E-state index >= 15 is 0 Å². The molecule has 0 aromatic rings. The fourth-order valence-electron chi connectivity index (χ4n) is 1.17. The van der Waals surface area contributed by atoms with Crippen LogP contribution in [0.25, 0.3) is 0 Å². The van der Waals surface area contributed by atoms with Crippen LogP contribution in [0.2, 0.25) is 0 Å². The van der Waals surface area contributed by atoms with E-state index in [0.29, 0.717) is 6.42 Å². The van der Waals surface area contributed by atoms with Crippen molar-refractivity contribution in [3.8, 4) is 0 Å². The van der Waals surface area contributed by atoms with Crippen LogP contribution in [0.1, 0.15) is 52.4 Å². The highest BCUT2D eigenvalue weighted by Gasteiger charge is 1.98. The molecule has 0 bridgehead atoms. The lowest BCUT2D eigenvalue weighted by atomic mass is 10.0. The van der Waals surface area contributed by atoms with Crippen molar-refractivity contribution in [3.63, 3.8) is 0 Å². The van der Waals surface area contributed by atoms with Gasteiger partial charge in [0.15, 0.2) is 0 Å². The Hall–Kier alpha value is -0.530. The van der Waals surface area contributed by atoms with Gasteiger partial charge in [-0.05, 0) is 12.3 Å². The highest BCUT2D eigenvalue weighted by atomic mass is 16.1. The summed E-state index contributed by atoms with van der Waals surface area (Å²) in [5.74, 6) is 0.664. The molecule has 0 saturated carbocycles. The van der Waals surface area contributed by atoms with E-state index in [-0.39, 0.29) is 5.91 Å². The Labute approximate surface area is 75.5 Å². The standard InChI is InChI=1S/C10H21NO/c1-3-9(2)7-5-4-6-8-10(11)12/h9H,3-8H2,1-2H3,(H2,11,12)/t9-/m0/s1. The number of hydrogen-bond donors (Lipinski definition) is 1. The summed E-state index contributed by atoms with van der Waals surface area (Å²) in [7, 11) is 0. The topological polar surface area (TPSA) is 43.1 Å². The number of unbranched alkanes of at least 4 members (excludes halogenated alkanes) is 2. The Bertz CT molecular complexity index is 123. The minimum atomic E-state index is -0.168. The smallest absolute Gasteiger partial charge is 0.217 e. The summed E-state index contributed by atoms with van der Waals surface area (Å²) < 4.78 is 0. The van der Waals surface area contributed by atoms with Crippen LogP contribution >= 0.6 is 0 Å². The van der Waals surface area contributed by atoms with Gasteiger partial charge in [0, 0.05) is 6.42 Å². The third-order valence-corrected chi connectivity index (χ3v) is 2.32. The first kappa shape index (κ1) is 11.5. The van der Waals surface area contributed by atoms with E-state index in [4.69, 9.17) is 5.73 Å². The van der Waals surface area contributed by atoms with Gasteiger partial charge in [-0.15, -0.1) is 0 Å². The summed E-state index contributed by atoms with van der Waals surface area (Å²) >= 11 is 0. The zero-order valence-corrected chi connectivity index (χ0v) is 8.31. The number of hydrogen-bond acceptors (Lipinski definition) is 1. The molecule has 0 spiro atoms. The van der Waals surface area contributed by atoms with Gasteiger partial charge in [-0.2, -0.15) is 0 Å². The number of nitrogens with two attached hydrogens (primary N) is 1. The molecule has 0 aliphatic rings. The van der Waals surface area contributed by atoms with Gasteiger partial charge >= 0.3 is 0 Å². The summed E-state index contributed by atoms with van der Waals surface area (Å²) in [6.07, 6.45) is 6.45. The molecule has 0 rings (SSSR count). The second-order valence-corrected chi connectivity index (χ2v) is 3.58. The van der Waals surface area contributed by atoms with E-state index in [1.165, 1.54) is 19.3 Å². The van der Waals surface area contributed by atoms with Crippen LogP contribution in [0.4, 0.5) is 0 Å². The SMILES string of the molecule is CC[C@H](C)CCCCCC(N)=O. The predicted molar refractivity (Wildman–Crippen MR) is 51.7 cm³/mol. The monoisotopic (exact) mass is 171 g/mol. The fraction of sp³-hybridized carbons (Fsp3) is 0.900. The van der Waals surface area contributed by atoms with Crippen molar-refractivity contribution in [3.05, 3.63) is 0 Å². The summed E-state index contributed by atoms with van der Waals surface area (Å²) in [5.41, 5.74) is 5.02. The van der Waals surface area contributed by atoms with Crippen LogP contribution < -0.4 is 5.73 Å². The van der Waals surface area contributed by atoms with E-state index in [1.54, 1.807) is 0 Å². The molecule has 0 fully saturated rings. The van der Waals surface area contributed by atoms with Crippen LogP contribution in [-0.2, 0) is 4.79 Å². The summed E-state index contributed by atoms with van der Waals surface area (Å²) in [4.78, 5) is 10.4. The molecule has 0 heterocycles. The maximum Gasteiger partial charge on any atom is 0.217 e. The van der Waals surface area contributed by atoms with Gasteiger partial charge in [0.05, 0.1) is 0 Å². The highest BCUT2D eigenvalue weighted by Crippen LogP contribution is 2.12. The van der Waals surface area contributed by atoms with Crippen molar-refractivity contribution in [2.45, 2.75) is 52.4 Å². The molecule has 0 radical (unpaired) electrons. The first-order valence-corrected chi connectivity index (χ1v) is 4.95. The Kier molecular flexibility index (Phi) is 6.82. The van der Waals surface area contributed by atoms with E-state index in [1.807, 2.05) is 0 Å². The molecule has 0 aliphatic heterocycles. The van der Waals surface area contributed by atoms with E-state index in [0.717, 1.165) is 18.8 Å². The van der Waals surface area contributed by atoms with Crippen molar-refractivity contribution in [2.75, 3.05) is 0 Å². The largest absolute Gasteiger partial charge is 0.370 e. The molecule has 2 N–H and O–H groups in total. The lowest BCUT2D eigenvalue weighted by Gasteiger charge is -2.06. The lowest BCUT2D eigenvalue weighted by Crippen LogP contribution is -2.09. The quantitative estimate of drug-likeness (QED) is 0.587. The number of rotatable bonds is 7. The summed E-state index contributed by atoms with van der Waals surface area (Å²) in [6, 6.07) is 0. The Balaban J connectivity index is 3.05. The van der Waals surface area contributed by atoms with Crippen LogP contribution in [0.15, 0.2) is 0 Å². The first-order valence-electron chi connectivity index (χ1n) is 4.95. The highest BCUT2D eigenvalue weighted by molar-refractivity contribution is 5.73. The molecule has 1 atom stereocenters. The molecule has 0 aliphatic carbocycles. The molecule has 1 amide bonds. The van der Waals surface area contributed by atoms with Crippen LogP contribution in [0.3, 0.4) is 0 Å². The average Bonchev–Trinajstić information content (AvgIpc) is 2.03. The van der Waals surface area contributed by atoms with Gasteiger partial charge in [-0.1, -0.05) is 39.5 Å². The van der Waals surface area contributed by atoms with E-state index < -0.39 is 0 Å². The molecule has 72 valence electrons. The van der Waals surface area contributed by atoms with Crippen molar-refractivity contribution in [1.82, 2.24) is 0 Å². The zero-order chi connectivity index (χ0) is 9.40. The van der Waals surface area contributed by atoms with Crippen LogP contribution in [0.5, 0.6) is 0 Å². The van der Waals surface area contributed by atoms with E-state index in [2.05, 4.69) is 13.8 Å². The van der Waals surface area contributed by atoms with Crippen molar-refractivity contribution < 1.29 is 4.79 Å². The fourth-order valence-corrected chi connectivity index (χ4v) is 1.17. The van der Waals surface area contributed by atoms with Gasteiger partial charge in [0.25, 0.3) is 0 Å². The Morgan fingerprint density at radius 3 is 2.50 bits per heavy atom. The third kappa shape index (κ3) is 7.58. The summed E-state index contributed by atoms with van der Waals surface area (Å²) in [5, 5.41) is 0. The number of carbonyl (C=O) groups is 1. The van der Waals surface area contributed by atoms with Gasteiger partial charge in [0.2, 0.25) is 5.91 Å². The molecular formula is C10H21NO.